The number of hydrogen-bond donors (Lipinski definition) is 0. The number of ether oxygens (including phenoxy) is 1. The van der Waals surface area contributed by atoms with Gasteiger partial charge in [0.2, 0.25) is 0 Å². The van der Waals surface area contributed by atoms with E-state index in [1.807, 2.05) is 0 Å². The van der Waals surface area contributed by atoms with E-state index < -0.39 is 0 Å². The van der Waals surface area contributed by atoms with Crippen molar-refractivity contribution in [2.24, 2.45) is 5.41 Å². The highest BCUT2D eigenvalue weighted by Gasteiger charge is 2.27. The van der Waals surface area contributed by atoms with Crippen LogP contribution in [0, 0.1) is 5.41 Å². The molecule has 1 nitrogen and oxygen atoms in total. The van der Waals surface area contributed by atoms with Crippen molar-refractivity contribution in [3.8, 4) is 0 Å². The molecule has 0 radical (unpaired) electrons. The van der Waals surface area contributed by atoms with Crippen LogP contribution in [-0.2, 0) is 4.74 Å². The van der Waals surface area contributed by atoms with Crippen molar-refractivity contribution in [2.45, 2.75) is 52.0 Å². The molecule has 0 aliphatic heterocycles. The number of rotatable bonds is 3. The van der Waals surface area contributed by atoms with Crippen LogP contribution in [0.5, 0.6) is 0 Å². The molecule has 0 saturated heterocycles. The molecule has 0 aromatic rings. The zero-order valence-corrected chi connectivity index (χ0v) is 10.4. The summed E-state index contributed by atoms with van der Waals surface area (Å²) in [6.45, 7) is 9.40. The van der Waals surface area contributed by atoms with Crippen molar-refractivity contribution >= 4 is 11.6 Å². The van der Waals surface area contributed by atoms with Crippen molar-refractivity contribution in [1.29, 1.82) is 0 Å². The van der Waals surface area contributed by atoms with Gasteiger partial charge in [-0.2, -0.15) is 0 Å². The lowest BCUT2D eigenvalue weighted by atomic mass is 9.77. The summed E-state index contributed by atoms with van der Waals surface area (Å²) >= 11 is 6.18. The van der Waals surface area contributed by atoms with E-state index in [2.05, 4.69) is 33.8 Å². The fourth-order valence-corrected chi connectivity index (χ4v) is 2.56. The summed E-state index contributed by atoms with van der Waals surface area (Å²) in [7, 11) is 0. The average molecular weight is 217 g/mol. The van der Waals surface area contributed by atoms with Gasteiger partial charge < -0.3 is 4.74 Å². The molecule has 0 N–H and O–H groups in total. The minimum atomic E-state index is 0.185. The zero-order chi connectivity index (χ0) is 10.8. The molecule has 0 aromatic heterocycles. The fourth-order valence-electron chi connectivity index (χ4n) is 1.96. The quantitative estimate of drug-likeness (QED) is 0.516. The summed E-state index contributed by atoms with van der Waals surface area (Å²) in [4.78, 5) is 0. The van der Waals surface area contributed by atoms with E-state index in [-0.39, 0.29) is 5.38 Å². The van der Waals surface area contributed by atoms with E-state index in [1.54, 1.807) is 0 Å². The van der Waals surface area contributed by atoms with Gasteiger partial charge in [0.1, 0.15) is 0 Å². The van der Waals surface area contributed by atoms with Crippen LogP contribution >= 0.6 is 11.6 Å². The van der Waals surface area contributed by atoms with Gasteiger partial charge in [-0.05, 0) is 37.7 Å². The second kappa shape index (κ2) is 4.67. The summed E-state index contributed by atoms with van der Waals surface area (Å²) in [6.07, 6.45) is 4.65. The lowest BCUT2D eigenvalue weighted by Gasteiger charge is -2.32. The lowest BCUT2D eigenvalue weighted by Crippen LogP contribution is -2.24. The molecule has 2 heteroatoms. The van der Waals surface area contributed by atoms with Crippen molar-refractivity contribution in [3.05, 3.63) is 11.6 Å². The molecule has 0 saturated carbocycles. The van der Waals surface area contributed by atoms with Gasteiger partial charge in [0, 0.05) is 0 Å². The Labute approximate surface area is 92.5 Å². The van der Waals surface area contributed by atoms with Crippen LogP contribution in [0.1, 0.15) is 40.5 Å². The van der Waals surface area contributed by atoms with E-state index in [1.165, 1.54) is 5.57 Å². The largest absolute Gasteiger partial charge is 0.374 e. The molecular formula is C12H21ClO. The Hall–Kier alpha value is -0.0100. The van der Waals surface area contributed by atoms with Crippen LogP contribution in [0.25, 0.3) is 0 Å². The monoisotopic (exact) mass is 216 g/mol. The minimum absolute atomic E-state index is 0.185. The average Bonchev–Trinajstić information content (AvgIpc) is 1.96. The Morgan fingerprint density at radius 1 is 1.57 bits per heavy atom. The molecule has 0 heterocycles. The highest BCUT2D eigenvalue weighted by Crippen LogP contribution is 2.37. The number of halogens is 1. The maximum Gasteiger partial charge on any atom is 0.0680 e. The van der Waals surface area contributed by atoms with Crippen LogP contribution in [0.4, 0.5) is 0 Å². The van der Waals surface area contributed by atoms with Gasteiger partial charge in [0.25, 0.3) is 0 Å². The maximum absolute atomic E-state index is 6.18. The molecule has 0 amide bonds. The van der Waals surface area contributed by atoms with Crippen molar-refractivity contribution in [2.75, 3.05) is 6.61 Å². The first kappa shape index (κ1) is 12.1. The van der Waals surface area contributed by atoms with Gasteiger partial charge in [-0.3, -0.25) is 0 Å². The standard InChI is InChI=1S/C12H21ClO/c1-9(2)14-8-10-5-11(13)7-12(3,4)6-10/h5,9,11H,6-8H2,1-4H3. The summed E-state index contributed by atoms with van der Waals surface area (Å²) in [6, 6.07) is 0. The van der Waals surface area contributed by atoms with E-state index >= 15 is 0 Å². The third kappa shape index (κ3) is 4.02. The second-order valence-electron chi connectivity index (χ2n) is 5.25. The van der Waals surface area contributed by atoms with Crippen molar-refractivity contribution in [1.82, 2.24) is 0 Å². The first-order chi connectivity index (χ1) is 6.39. The van der Waals surface area contributed by atoms with E-state index in [0.29, 0.717) is 11.5 Å². The highest BCUT2D eigenvalue weighted by atomic mass is 35.5. The van der Waals surface area contributed by atoms with Crippen LogP contribution in [0.15, 0.2) is 11.6 Å². The van der Waals surface area contributed by atoms with Crippen LogP contribution in [0.3, 0.4) is 0 Å². The molecule has 1 aliphatic rings. The smallest absolute Gasteiger partial charge is 0.0680 e. The van der Waals surface area contributed by atoms with Gasteiger partial charge in [-0.15, -0.1) is 11.6 Å². The third-order valence-corrected chi connectivity index (χ3v) is 2.75. The van der Waals surface area contributed by atoms with E-state index in [9.17, 15) is 0 Å². The molecule has 1 unspecified atom stereocenters. The highest BCUT2D eigenvalue weighted by molar-refractivity contribution is 6.21. The molecule has 1 atom stereocenters. The van der Waals surface area contributed by atoms with Gasteiger partial charge in [0.15, 0.2) is 0 Å². The molecule has 14 heavy (non-hydrogen) atoms. The third-order valence-electron chi connectivity index (χ3n) is 2.47. The van der Waals surface area contributed by atoms with Crippen LogP contribution < -0.4 is 0 Å². The number of alkyl halides is 1. The van der Waals surface area contributed by atoms with Gasteiger partial charge in [-0.25, -0.2) is 0 Å². The van der Waals surface area contributed by atoms with Crippen molar-refractivity contribution < 1.29 is 4.74 Å². The predicted octanol–water partition coefficient (Wildman–Crippen LogP) is 3.77. The Kier molecular flexibility index (Phi) is 4.03. The summed E-state index contributed by atoms with van der Waals surface area (Å²) in [5.74, 6) is 0. The topological polar surface area (TPSA) is 9.23 Å². The van der Waals surface area contributed by atoms with Gasteiger partial charge in [0.05, 0.1) is 18.1 Å². The van der Waals surface area contributed by atoms with Gasteiger partial charge in [-0.1, -0.05) is 19.9 Å². The Morgan fingerprint density at radius 3 is 2.71 bits per heavy atom. The van der Waals surface area contributed by atoms with Crippen LogP contribution in [0.2, 0.25) is 0 Å². The molecule has 1 aliphatic carbocycles. The number of hydrogen-bond acceptors (Lipinski definition) is 1. The minimum Gasteiger partial charge on any atom is -0.374 e. The molecular weight excluding hydrogens is 196 g/mol. The zero-order valence-electron chi connectivity index (χ0n) is 9.64. The fraction of sp³-hybridized carbons (Fsp3) is 0.833. The maximum atomic E-state index is 6.18. The Balaban J connectivity index is 2.52. The Bertz CT molecular complexity index is 218. The SMILES string of the molecule is CC(C)OCC1=CC(Cl)CC(C)(C)C1. The summed E-state index contributed by atoms with van der Waals surface area (Å²) < 4.78 is 5.60. The van der Waals surface area contributed by atoms with Gasteiger partial charge >= 0.3 is 0 Å². The molecule has 1 rings (SSSR count). The molecule has 82 valence electrons. The molecule has 0 spiro atoms. The molecule has 0 bridgehead atoms. The Morgan fingerprint density at radius 2 is 2.21 bits per heavy atom. The molecule has 0 aromatic carbocycles. The predicted molar refractivity (Wildman–Crippen MR) is 61.8 cm³/mol. The first-order valence-corrected chi connectivity index (χ1v) is 5.78. The van der Waals surface area contributed by atoms with Crippen molar-refractivity contribution in [3.63, 3.8) is 0 Å². The van der Waals surface area contributed by atoms with E-state index in [4.69, 9.17) is 16.3 Å². The van der Waals surface area contributed by atoms with Crippen LogP contribution in [-0.4, -0.2) is 18.1 Å². The summed E-state index contributed by atoms with van der Waals surface area (Å²) in [5.41, 5.74) is 1.69. The molecule has 0 fully saturated rings. The lowest BCUT2D eigenvalue weighted by molar-refractivity contribution is 0.0910. The first-order valence-electron chi connectivity index (χ1n) is 5.34. The van der Waals surface area contributed by atoms with E-state index in [0.717, 1.165) is 19.4 Å². The normalized spacial score (nSPS) is 26.4. The number of allylic oxidation sites excluding steroid dienone is 1. The summed E-state index contributed by atoms with van der Waals surface area (Å²) in [5, 5.41) is 0.185. The second-order valence-corrected chi connectivity index (χ2v) is 5.81.